The first-order valence-corrected chi connectivity index (χ1v) is 9.33. The Morgan fingerprint density at radius 1 is 1.14 bits per heavy atom. The van der Waals surface area contributed by atoms with Gasteiger partial charge in [0.2, 0.25) is 0 Å². The third-order valence-corrected chi connectivity index (χ3v) is 5.32. The van der Waals surface area contributed by atoms with Crippen LogP contribution in [-0.4, -0.2) is 33.6 Å². The van der Waals surface area contributed by atoms with Crippen LogP contribution < -0.4 is 10.1 Å². The fourth-order valence-corrected chi connectivity index (χ4v) is 3.79. The molecule has 2 aliphatic heterocycles. The number of carbonyl (C=O) groups is 2. The van der Waals surface area contributed by atoms with Crippen molar-refractivity contribution in [2.75, 3.05) is 6.61 Å². The minimum Gasteiger partial charge on any atom is -0.493 e. The third kappa shape index (κ3) is 2.75. The van der Waals surface area contributed by atoms with Crippen molar-refractivity contribution in [1.82, 2.24) is 20.4 Å². The molecule has 0 radical (unpaired) electrons. The highest BCUT2D eigenvalue weighted by molar-refractivity contribution is 6.07. The number of imide groups is 1. The highest BCUT2D eigenvalue weighted by Gasteiger charge is 2.55. The summed E-state index contributed by atoms with van der Waals surface area (Å²) in [4.78, 5) is 31.4. The van der Waals surface area contributed by atoms with E-state index in [1.807, 2.05) is 43.3 Å². The van der Waals surface area contributed by atoms with E-state index in [0.717, 1.165) is 16.0 Å². The van der Waals surface area contributed by atoms with Crippen LogP contribution in [0.25, 0.3) is 11.5 Å². The third-order valence-electron chi connectivity index (χ3n) is 5.32. The van der Waals surface area contributed by atoms with E-state index in [2.05, 4.69) is 15.5 Å². The molecular weight excluding hydrogens is 372 g/mol. The normalized spacial score (nSPS) is 20.5. The monoisotopic (exact) mass is 390 g/mol. The highest BCUT2D eigenvalue weighted by atomic mass is 16.5. The molecule has 0 aliphatic carbocycles. The van der Waals surface area contributed by atoms with E-state index in [1.165, 1.54) is 0 Å². The first-order chi connectivity index (χ1) is 14.1. The van der Waals surface area contributed by atoms with Crippen molar-refractivity contribution in [3.8, 4) is 17.2 Å². The van der Waals surface area contributed by atoms with Gasteiger partial charge in [0.1, 0.15) is 5.75 Å². The lowest BCUT2D eigenvalue weighted by molar-refractivity contribution is -0.133. The number of nitrogens with one attached hydrogen (secondary N) is 1. The molecule has 0 bridgehead atoms. The number of hydrogen-bond acceptors (Lipinski definition) is 6. The van der Waals surface area contributed by atoms with E-state index in [9.17, 15) is 9.59 Å². The van der Waals surface area contributed by atoms with E-state index in [4.69, 9.17) is 9.26 Å². The van der Waals surface area contributed by atoms with Crippen LogP contribution in [0.15, 0.2) is 53.1 Å². The lowest BCUT2D eigenvalue weighted by Gasteiger charge is -2.33. The summed E-state index contributed by atoms with van der Waals surface area (Å²) in [5, 5.41) is 6.80. The number of rotatable bonds is 3. The van der Waals surface area contributed by atoms with Gasteiger partial charge >= 0.3 is 6.03 Å². The Kier molecular flexibility index (Phi) is 3.87. The average molecular weight is 390 g/mol. The smallest absolute Gasteiger partial charge is 0.325 e. The molecule has 8 heteroatoms. The molecule has 1 fully saturated rings. The number of carbonyl (C=O) groups excluding carboxylic acids is 2. The summed E-state index contributed by atoms with van der Waals surface area (Å²) >= 11 is 0. The second kappa shape index (κ2) is 6.44. The van der Waals surface area contributed by atoms with Gasteiger partial charge in [-0.05, 0) is 25.1 Å². The van der Waals surface area contributed by atoms with Crippen LogP contribution in [0.1, 0.15) is 23.4 Å². The van der Waals surface area contributed by atoms with E-state index >= 15 is 0 Å². The van der Waals surface area contributed by atoms with E-state index in [0.29, 0.717) is 30.2 Å². The van der Waals surface area contributed by atoms with Gasteiger partial charge in [-0.3, -0.25) is 9.69 Å². The van der Waals surface area contributed by atoms with Crippen LogP contribution in [0.2, 0.25) is 0 Å². The number of benzene rings is 2. The second-order valence-corrected chi connectivity index (χ2v) is 7.20. The zero-order valence-corrected chi connectivity index (χ0v) is 15.7. The van der Waals surface area contributed by atoms with Gasteiger partial charge in [-0.25, -0.2) is 4.79 Å². The van der Waals surface area contributed by atoms with Crippen molar-refractivity contribution in [1.29, 1.82) is 0 Å². The largest absolute Gasteiger partial charge is 0.493 e. The minimum atomic E-state index is -1.12. The minimum absolute atomic E-state index is 0.0647. The zero-order valence-electron chi connectivity index (χ0n) is 15.7. The van der Waals surface area contributed by atoms with Gasteiger partial charge in [0.05, 0.1) is 13.2 Å². The number of urea groups is 1. The Hall–Kier alpha value is -3.68. The Bertz CT molecular complexity index is 1110. The fraction of sp³-hybridized carbons (Fsp3) is 0.238. The molecule has 5 rings (SSSR count). The summed E-state index contributed by atoms with van der Waals surface area (Å²) < 4.78 is 11.0. The SMILES string of the molecule is Cc1ccc(-c2nc(CN3C(=O)NC4(CCOc5ccccc54)C3=O)no2)cc1. The number of amides is 3. The van der Waals surface area contributed by atoms with E-state index in [-0.39, 0.29) is 18.3 Å². The van der Waals surface area contributed by atoms with Crippen molar-refractivity contribution >= 4 is 11.9 Å². The Morgan fingerprint density at radius 2 is 1.93 bits per heavy atom. The quantitative estimate of drug-likeness (QED) is 0.691. The number of para-hydroxylation sites is 1. The van der Waals surface area contributed by atoms with Gasteiger partial charge in [-0.15, -0.1) is 0 Å². The first kappa shape index (κ1) is 17.4. The number of aryl methyl sites for hydroxylation is 1. The first-order valence-electron chi connectivity index (χ1n) is 9.33. The van der Waals surface area contributed by atoms with Gasteiger partial charge < -0.3 is 14.6 Å². The van der Waals surface area contributed by atoms with Gasteiger partial charge in [-0.2, -0.15) is 4.98 Å². The van der Waals surface area contributed by atoms with Gasteiger partial charge in [0.25, 0.3) is 11.8 Å². The summed E-state index contributed by atoms with van der Waals surface area (Å²) in [7, 11) is 0. The number of hydrogen-bond donors (Lipinski definition) is 1. The molecule has 1 unspecified atom stereocenters. The Labute approximate surface area is 166 Å². The molecule has 1 saturated heterocycles. The lowest BCUT2D eigenvalue weighted by atomic mass is 9.84. The molecule has 3 amide bonds. The molecule has 2 aliphatic rings. The summed E-state index contributed by atoms with van der Waals surface area (Å²) in [6.07, 6.45) is 0.367. The maximum atomic E-state index is 13.3. The van der Waals surface area contributed by atoms with Crippen molar-refractivity contribution in [2.45, 2.75) is 25.4 Å². The molecule has 0 saturated carbocycles. The van der Waals surface area contributed by atoms with Crippen LogP contribution in [0.5, 0.6) is 5.75 Å². The highest BCUT2D eigenvalue weighted by Crippen LogP contribution is 2.41. The molecule has 1 aromatic heterocycles. The summed E-state index contributed by atoms with van der Waals surface area (Å²) in [5.41, 5.74) is 1.45. The van der Waals surface area contributed by atoms with Crippen molar-refractivity contribution in [2.24, 2.45) is 0 Å². The molecule has 146 valence electrons. The Morgan fingerprint density at radius 3 is 2.76 bits per heavy atom. The number of ether oxygens (including phenoxy) is 1. The molecule has 3 heterocycles. The molecule has 1 spiro atoms. The van der Waals surface area contributed by atoms with E-state index in [1.54, 1.807) is 12.1 Å². The molecule has 1 N–H and O–H groups in total. The number of nitrogens with zero attached hydrogens (tertiary/aromatic N) is 3. The zero-order chi connectivity index (χ0) is 20.0. The fourth-order valence-electron chi connectivity index (χ4n) is 3.79. The van der Waals surface area contributed by atoms with Crippen LogP contribution in [0.4, 0.5) is 4.79 Å². The van der Waals surface area contributed by atoms with Gasteiger partial charge in [0, 0.05) is 17.5 Å². The standard InChI is InChI=1S/C21H18N4O4/c1-13-6-8-14(9-7-13)18-22-17(24-29-18)12-25-19(26)21(23-20(25)27)10-11-28-16-5-3-2-4-15(16)21/h2-9H,10-12H2,1H3,(H,23,27). The van der Waals surface area contributed by atoms with Crippen molar-refractivity contribution < 1.29 is 18.8 Å². The van der Waals surface area contributed by atoms with Crippen LogP contribution in [0, 0.1) is 6.92 Å². The Balaban J connectivity index is 1.42. The lowest BCUT2D eigenvalue weighted by Crippen LogP contribution is -2.47. The van der Waals surface area contributed by atoms with Crippen LogP contribution in [0.3, 0.4) is 0 Å². The maximum Gasteiger partial charge on any atom is 0.325 e. The maximum absolute atomic E-state index is 13.3. The van der Waals surface area contributed by atoms with Crippen molar-refractivity contribution in [3.63, 3.8) is 0 Å². The summed E-state index contributed by atoms with van der Waals surface area (Å²) in [6, 6.07) is 14.4. The summed E-state index contributed by atoms with van der Waals surface area (Å²) in [6.45, 7) is 2.27. The van der Waals surface area contributed by atoms with Crippen molar-refractivity contribution in [3.05, 3.63) is 65.5 Å². The molecular formula is C21H18N4O4. The second-order valence-electron chi connectivity index (χ2n) is 7.20. The molecule has 29 heavy (non-hydrogen) atoms. The van der Waals surface area contributed by atoms with Gasteiger partial charge in [-0.1, -0.05) is 41.1 Å². The number of aromatic nitrogens is 2. The molecule has 1 atom stereocenters. The average Bonchev–Trinajstić information content (AvgIpc) is 3.29. The van der Waals surface area contributed by atoms with Crippen LogP contribution in [-0.2, 0) is 16.9 Å². The van der Waals surface area contributed by atoms with Crippen LogP contribution >= 0.6 is 0 Å². The predicted molar refractivity (Wildman–Crippen MR) is 102 cm³/mol. The molecule has 3 aromatic rings. The molecule has 8 nitrogen and oxygen atoms in total. The topological polar surface area (TPSA) is 97.6 Å². The van der Waals surface area contributed by atoms with E-state index < -0.39 is 11.6 Å². The number of fused-ring (bicyclic) bond motifs is 2. The molecule has 2 aromatic carbocycles. The van der Waals surface area contributed by atoms with Gasteiger partial charge in [0.15, 0.2) is 11.4 Å². The summed E-state index contributed by atoms with van der Waals surface area (Å²) in [5.74, 6) is 0.884. The predicted octanol–water partition coefficient (Wildman–Crippen LogP) is 2.77.